The monoisotopic (exact) mass is 449 g/mol. The summed E-state index contributed by atoms with van der Waals surface area (Å²) in [6, 6.07) is 0. The first-order chi connectivity index (χ1) is 14.6. The number of allylic oxidation sites excluding steroid dienone is 6. The van der Waals surface area contributed by atoms with E-state index in [-0.39, 0.29) is 30.0 Å². The van der Waals surface area contributed by atoms with Crippen molar-refractivity contribution >= 4 is 13.2 Å². The first-order valence-electron chi connectivity index (χ1n) is 12.0. The van der Waals surface area contributed by atoms with Crippen LogP contribution < -0.4 is 0 Å². The SMILES string of the molecule is CC.CCC1=CC=C(B2OC(C)(C)C(C)(C)O2)CC=C1C.CCN(C)C(=O)OC(C)(C)C. The average molecular weight is 449 g/mol. The molecule has 0 spiro atoms. The van der Waals surface area contributed by atoms with Gasteiger partial charge < -0.3 is 18.9 Å². The minimum absolute atomic E-state index is 0.221. The topological polar surface area (TPSA) is 48.0 Å². The van der Waals surface area contributed by atoms with Crippen LogP contribution in [0.5, 0.6) is 0 Å². The van der Waals surface area contributed by atoms with E-state index in [9.17, 15) is 4.79 Å². The second-order valence-electron chi connectivity index (χ2n) is 9.96. The van der Waals surface area contributed by atoms with Crippen molar-refractivity contribution in [2.75, 3.05) is 13.6 Å². The maximum Gasteiger partial charge on any atom is 0.490 e. The second kappa shape index (κ2) is 12.6. The molecule has 1 aliphatic heterocycles. The Hall–Kier alpha value is -1.53. The molecule has 6 heteroatoms. The van der Waals surface area contributed by atoms with Gasteiger partial charge in [-0.15, -0.1) is 0 Å². The van der Waals surface area contributed by atoms with Crippen LogP contribution >= 0.6 is 0 Å². The Morgan fingerprint density at radius 2 is 1.59 bits per heavy atom. The summed E-state index contributed by atoms with van der Waals surface area (Å²) < 4.78 is 17.3. The normalized spacial score (nSPS) is 19.2. The molecule has 1 amide bonds. The highest BCUT2D eigenvalue weighted by molar-refractivity contribution is 6.54. The fourth-order valence-corrected chi connectivity index (χ4v) is 2.84. The van der Waals surface area contributed by atoms with Gasteiger partial charge in [-0.25, -0.2) is 4.79 Å². The van der Waals surface area contributed by atoms with Gasteiger partial charge in [0.15, 0.2) is 0 Å². The van der Waals surface area contributed by atoms with E-state index in [1.54, 1.807) is 7.05 Å². The quantitative estimate of drug-likeness (QED) is 0.430. The van der Waals surface area contributed by atoms with Crippen LogP contribution in [0.2, 0.25) is 0 Å². The molecular weight excluding hydrogens is 401 g/mol. The number of amides is 1. The number of rotatable bonds is 3. The molecule has 1 fully saturated rings. The lowest BCUT2D eigenvalue weighted by molar-refractivity contribution is 0.00578. The molecule has 0 bridgehead atoms. The third-order valence-corrected chi connectivity index (χ3v) is 5.77. The van der Waals surface area contributed by atoms with Gasteiger partial charge >= 0.3 is 13.2 Å². The maximum atomic E-state index is 11.1. The summed E-state index contributed by atoms with van der Waals surface area (Å²) >= 11 is 0. The van der Waals surface area contributed by atoms with Crippen LogP contribution in [0.25, 0.3) is 0 Å². The van der Waals surface area contributed by atoms with E-state index in [1.165, 1.54) is 21.5 Å². The average Bonchev–Trinajstić information content (AvgIpc) is 2.82. The number of hydrogen-bond donors (Lipinski definition) is 0. The zero-order valence-corrected chi connectivity index (χ0v) is 23.0. The van der Waals surface area contributed by atoms with Gasteiger partial charge in [0, 0.05) is 13.6 Å². The van der Waals surface area contributed by atoms with Crippen molar-refractivity contribution in [1.29, 1.82) is 0 Å². The van der Waals surface area contributed by atoms with Crippen molar-refractivity contribution in [3.8, 4) is 0 Å². The molecule has 0 aromatic rings. The zero-order chi connectivity index (χ0) is 25.3. The number of nitrogens with zero attached hydrogens (tertiary/aromatic N) is 1. The Morgan fingerprint density at radius 1 is 1.09 bits per heavy atom. The molecule has 0 unspecified atom stereocenters. The predicted octanol–water partition coefficient (Wildman–Crippen LogP) is 7.13. The Morgan fingerprint density at radius 3 is 2.00 bits per heavy atom. The molecule has 1 aliphatic carbocycles. The van der Waals surface area contributed by atoms with Gasteiger partial charge in [-0.1, -0.05) is 44.6 Å². The van der Waals surface area contributed by atoms with E-state index < -0.39 is 0 Å². The Labute approximate surface area is 198 Å². The second-order valence-corrected chi connectivity index (χ2v) is 9.96. The molecule has 32 heavy (non-hydrogen) atoms. The number of carbonyl (C=O) groups excluding carboxylic acids is 1. The Bertz CT molecular complexity index is 683. The van der Waals surface area contributed by atoms with Crippen molar-refractivity contribution in [1.82, 2.24) is 4.90 Å². The summed E-state index contributed by atoms with van der Waals surface area (Å²) in [7, 11) is 1.50. The van der Waals surface area contributed by atoms with Crippen LogP contribution in [0.4, 0.5) is 4.79 Å². The van der Waals surface area contributed by atoms with Crippen LogP contribution in [-0.4, -0.2) is 48.5 Å². The molecule has 0 atom stereocenters. The molecule has 0 saturated carbocycles. The fourth-order valence-electron chi connectivity index (χ4n) is 2.84. The molecular formula is C26H48BNO4. The van der Waals surface area contributed by atoms with Crippen molar-refractivity contribution in [3.05, 3.63) is 34.8 Å². The standard InChI is InChI=1S/C16H25BO2.C8H17NO2.C2H6/c1-7-13-9-11-14(10-8-12(13)2)17-18-15(3,4)16(5,6)19-17;1-6-9(5)7(10)11-8(2,3)4;1-2/h8-9,11H,7,10H2,1-6H3;6H2,1-5H3;1-2H3. The van der Waals surface area contributed by atoms with E-state index in [2.05, 4.69) is 59.8 Å². The van der Waals surface area contributed by atoms with E-state index in [0.717, 1.165) is 12.8 Å². The Balaban J connectivity index is 0.000000635. The van der Waals surface area contributed by atoms with Gasteiger partial charge in [0.25, 0.3) is 0 Å². The van der Waals surface area contributed by atoms with Crippen LogP contribution in [0, 0.1) is 0 Å². The minimum atomic E-state index is -0.388. The molecule has 1 heterocycles. The summed E-state index contributed by atoms with van der Waals surface area (Å²) in [6.45, 7) is 24.9. The largest absolute Gasteiger partial charge is 0.490 e. The van der Waals surface area contributed by atoms with Crippen molar-refractivity contribution in [3.63, 3.8) is 0 Å². The van der Waals surface area contributed by atoms with Gasteiger partial charge in [0.1, 0.15) is 5.60 Å². The highest BCUT2D eigenvalue weighted by Gasteiger charge is 2.52. The lowest BCUT2D eigenvalue weighted by atomic mass is 9.76. The molecule has 184 valence electrons. The highest BCUT2D eigenvalue weighted by atomic mass is 16.7. The zero-order valence-electron chi connectivity index (χ0n) is 23.0. The molecule has 0 aromatic heterocycles. The fraction of sp³-hybridized carbons (Fsp3) is 0.731. The summed E-state index contributed by atoms with van der Waals surface area (Å²) in [4.78, 5) is 12.6. The van der Waals surface area contributed by atoms with Gasteiger partial charge in [0.05, 0.1) is 11.2 Å². The van der Waals surface area contributed by atoms with E-state index >= 15 is 0 Å². The van der Waals surface area contributed by atoms with Crippen LogP contribution in [0.15, 0.2) is 34.8 Å². The summed E-state index contributed by atoms with van der Waals surface area (Å²) in [6.07, 6.45) is 8.37. The third kappa shape index (κ3) is 9.15. The molecule has 1 saturated heterocycles. The number of ether oxygens (including phenoxy) is 1. The van der Waals surface area contributed by atoms with Gasteiger partial charge in [-0.3, -0.25) is 0 Å². The van der Waals surface area contributed by atoms with E-state index in [1.807, 2.05) is 41.5 Å². The van der Waals surface area contributed by atoms with Gasteiger partial charge in [-0.05, 0) is 86.2 Å². The van der Waals surface area contributed by atoms with Crippen LogP contribution in [0.1, 0.15) is 95.9 Å². The first-order valence-corrected chi connectivity index (χ1v) is 12.0. The van der Waals surface area contributed by atoms with Crippen molar-refractivity contribution in [2.24, 2.45) is 0 Å². The number of hydrogen-bond acceptors (Lipinski definition) is 4. The lowest BCUT2D eigenvalue weighted by Gasteiger charge is -2.32. The molecule has 2 rings (SSSR count). The Kier molecular flexibility index (Phi) is 12.0. The number of carbonyl (C=O) groups is 1. The van der Waals surface area contributed by atoms with Crippen LogP contribution in [-0.2, 0) is 14.0 Å². The van der Waals surface area contributed by atoms with Crippen molar-refractivity contribution in [2.45, 2.75) is 113 Å². The molecule has 2 aliphatic rings. The molecule has 5 nitrogen and oxygen atoms in total. The van der Waals surface area contributed by atoms with Gasteiger partial charge in [0.2, 0.25) is 0 Å². The summed E-state index contributed by atoms with van der Waals surface area (Å²) in [5.74, 6) is 0. The highest BCUT2D eigenvalue weighted by Crippen LogP contribution is 2.39. The predicted molar refractivity (Wildman–Crippen MR) is 137 cm³/mol. The van der Waals surface area contributed by atoms with E-state index in [4.69, 9.17) is 14.0 Å². The van der Waals surface area contributed by atoms with Gasteiger partial charge in [-0.2, -0.15) is 0 Å². The van der Waals surface area contributed by atoms with Crippen LogP contribution in [0.3, 0.4) is 0 Å². The molecule has 0 N–H and O–H groups in total. The summed E-state index contributed by atoms with van der Waals surface area (Å²) in [5.41, 5.74) is 3.06. The lowest BCUT2D eigenvalue weighted by Crippen LogP contribution is -2.41. The molecule has 0 radical (unpaired) electrons. The minimum Gasteiger partial charge on any atom is -0.444 e. The van der Waals surface area contributed by atoms with E-state index in [0.29, 0.717) is 6.54 Å². The smallest absolute Gasteiger partial charge is 0.444 e. The maximum absolute atomic E-state index is 11.1. The van der Waals surface area contributed by atoms with Crippen molar-refractivity contribution < 1.29 is 18.8 Å². The molecule has 0 aromatic carbocycles. The summed E-state index contributed by atoms with van der Waals surface area (Å²) in [5, 5.41) is 0. The first kappa shape index (κ1) is 30.5. The third-order valence-electron chi connectivity index (χ3n) is 5.77.